The molecule has 0 bridgehead atoms. The summed E-state index contributed by atoms with van der Waals surface area (Å²) >= 11 is 5.23. The highest BCUT2D eigenvalue weighted by Gasteiger charge is 2.27. The van der Waals surface area contributed by atoms with Crippen LogP contribution in [0.3, 0.4) is 0 Å². The second-order valence-electron chi connectivity index (χ2n) is 6.73. The van der Waals surface area contributed by atoms with Gasteiger partial charge in [-0.15, -0.1) is 0 Å². The number of aryl methyl sites for hydroxylation is 1. The molecule has 3 N–H and O–H groups in total. The highest BCUT2D eigenvalue weighted by molar-refractivity contribution is 7.71. The number of H-pyrrole nitrogens is 2. The van der Waals surface area contributed by atoms with Crippen molar-refractivity contribution >= 4 is 29.2 Å². The van der Waals surface area contributed by atoms with Crippen molar-refractivity contribution in [3.05, 3.63) is 49.3 Å². The van der Waals surface area contributed by atoms with Crippen molar-refractivity contribution in [2.75, 3.05) is 0 Å². The van der Waals surface area contributed by atoms with Gasteiger partial charge in [0.05, 0.1) is 17.5 Å². The standard InChI is InChI=1S/C17H19N7O3S/c1-2-5-23-13-11(15(26)20-16(23)27)6-9(7-18-13)14(25)19-8-12-21-22-17(28)24(12)10-3-4-10/h6-7,10H,2-5,8H2,1H3,(H,19,25)(H,22,28)(H,20,26,27). The second-order valence-corrected chi connectivity index (χ2v) is 7.12. The van der Waals surface area contributed by atoms with Gasteiger partial charge in [0.25, 0.3) is 11.5 Å². The number of amides is 1. The normalized spacial score (nSPS) is 13.8. The quantitative estimate of drug-likeness (QED) is 0.529. The summed E-state index contributed by atoms with van der Waals surface area (Å²) in [5.41, 5.74) is -0.579. The Morgan fingerprint density at radius 1 is 1.39 bits per heavy atom. The summed E-state index contributed by atoms with van der Waals surface area (Å²) in [6.45, 7) is 2.54. The summed E-state index contributed by atoms with van der Waals surface area (Å²) in [5.74, 6) is 0.266. The molecule has 1 amide bonds. The number of aromatic nitrogens is 6. The van der Waals surface area contributed by atoms with Crippen LogP contribution < -0.4 is 16.6 Å². The number of nitrogens with zero attached hydrogens (tertiary/aromatic N) is 4. The van der Waals surface area contributed by atoms with Gasteiger partial charge in [-0.05, 0) is 37.5 Å². The first-order valence-corrected chi connectivity index (χ1v) is 9.47. The van der Waals surface area contributed by atoms with E-state index in [-0.39, 0.29) is 23.1 Å². The Morgan fingerprint density at radius 3 is 2.89 bits per heavy atom. The van der Waals surface area contributed by atoms with Crippen LogP contribution in [0.4, 0.5) is 0 Å². The van der Waals surface area contributed by atoms with E-state index in [2.05, 4.69) is 25.5 Å². The van der Waals surface area contributed by atoms with Crippen LogP contribution in [-0.4, -0.2) is 35.2 Å². The summed E-state index contributed by atoms with van der Waals surface area (Å²) < 4.78 is 3.85. The zero-order chi connectivity index (χ0) is 19.8. The van der Waals surface area contributed by atoms with Crippen LogP contribution in [0.2, 0.25) is 0 Å². The Hall–Kier alpha value is -3.08. The average molecular weight is 401 g/mol. The van der Waals surface area contributed by atoms with E-state index in [0.29, 0.717) is 29.6 Å². The maximum Gasteiger partial charge on any atom is 0.329 e. The lowest BCUT2D eigenvalue weighted by atomic mass is 10.2. The van der Waals surface area contributed by atoms with Crippen molar-refractivity contribution in [3.8, 4) is 0 Å². The molecular formula is C17H19N7O3S. The maximum absolute atomic E-state index is 12.5. The molecule has 1 fully saturated rings. The van der Waals surface area contributed by atoms with Crippen LogP contribution in [0, 0.1) is 4.77 Å². The van der Waals surface area contributed by atoms with Crippen molar-refractivity contribution in [2.45, 2.75) is 45.3 Å². The Kier molecular flexibility index (Phi) is 4.67. The first-order valence-electron chi connectivity index (χ1n) is 9.06. The molecule has 1 aliphatic carbocycles. The van der Waals surface area contributed by atoms with Gasteiger partial charge in [-0.25, -0.2) is 9.78 Å². The molecule has 0 aromatic carbocycles. The molecule has 1 saturated carbocycles. The number of rotatable bonds is 6. The fourth-order valence-electron chi connectivity index (χ4n) is 3.16. The summed E-state index contributed by atoms with van der Waals surface area (Å²) in [5, 5.41) is 9.90. The molecule has 0 unspecified atom stereocenters. The number of hydrogen-bond acceptors (Lipinski definition) is 6. The molecular weight excluding hydrogens is 382 g/mol. The molecule has 1 aliphatic rings. The molecule has 3 heterocycles. The first-order chi connectivity index (χ1) is 13.5. The van der Waals surface area contributed by atoms with Gasteiger partial charge >= 0.3 is 5.69 Å². The van der Waals surface area contributed by atoms with Crippen LogP contribution in [-0.2, 0) is 13.1 Å². The van der Waals surface area contributed by atoms with Gasteiger partial charge in [0.15, 0.2) is 10.6 Å². The summed E-state index contributed by atoms with van der Waals surface area (Å²) in [6.07, 6.45) is 4.17. The molecule has 3 aromatic heterocycles. The number of aromatic amines is 2. The third-order valence-corrected chi connectivity index (χ3v) is 4.93. The predicted molar refractivity (Wildman–Crippen MR) is 104 cm³/mol. The van der Waals surface area contributed by atoms with Crippen molar-refractivity contribution in [1.29, 1.82) is 0 Å². The van der Waals surface area contributed by atoms with Crippen LogP contribution in [0.15, 0.2) is 21.9 Å². The molecule has 0 saturated heterocycles. The zero-order valence-corrected chi connectivity index (χ0v) is 16.0. The minimum absolute atomic E-state index is 0.196. The van der Waals surface area contributed by atoms with Crippen LogP contribution in [0.1, 0.15) is 48.4 Å². The fourth-order valence-corrected chi connectivity index (χ4v) is 3.46. The topological polar surface area (TPSA) is 130 Å². The zero-order valence-electron chi connectivity index (χ0n) is 15.2. The van der Waals surface area contributed by atoms with Gasteiger partial charge in [0, 0.05) is 18.8 Å². The minimum atomic E-state index is -0.566. The van der Waals surface area contributed by atoms with Crippen molar-refractivity contribution in [1.82, 2.24) is 34.6 Å². The first kappa shape index (κ1) is 18.3. The molecule has 146 valence electrons. The Balaban J connectivity index is 1.60. The molecule has 10 nitrogen and oxygen atoms in total. The Bertz CT molecular complexity index is 1230. The van der Waals surface area contributed by atoms with Gasteiger partial charge in [0.1, 0.15) is 5.65 Å². The summed E-state index contributed by atoms with van der Waals surface area (Å²) in [4.78, 5) is 43.2. The lowest BCUT2D eigenvalue weighted by molar-refractivity contribution is 0.0949. The number of carbonyl (C=O) groups excluding carboxylic acids is 1. The van der Waals surface area contributed by atoms with Gasteiger partial charge in [-0.3, -0.25) is 28.8 Å². The molecule has 0 atom stereocenters. The third kappa shape index (κ3) is 3.28. The summed E-state index contributed by atoms with van der Waals surface area (Å²) in [6, 6.07) is 1.79. The maximum atomic E-state index is 12.5. The van der Waals surface area contributed by atoms with E-state index in [1.807, 2.05) is 11.5 Å². The molecule has 0 spiro atoms. The van der Waals surface area contributed by atoms with Crippen LogP contribution in [0.5, 0.6) is 0 Å². The number of nitrogens with one attached hydrogen (secondary N) is 3. The van der Waals surface area contributed by atoms with E-state index >= 15 is 0 Å². The molecule has 28 heavy (non-hydrogen) atoms. The highest BCUT2D eigenvalue weighted by atomic mass is 32.1. The van der Waals surface area contributed by atoms with Gasteiger partial charge in [0.2, 0.25) is 0 Å². The Morgan fingerprint density at radius 2 is 2.18 bits per heavy atom. The molecule has 11 heteroatoms. The van der Waals surface area contributed by atoms with E-state index in [1.54, 1.807) is 0 Å². The smallest absolute Gasteiger partial charge is 0.329 e. The van der Waals surface area contributed by atoms with Gasteiger partial charge in [-0.1, -0.05) is 6.92 Å². The van der Waals surface area contributed by atoms with Crippen LogP contribution >= 0.6 is 12.2 Å². The van der Waals surface area contributed by atoms with E-state index in [0.717, 1.165) is 12.8 Å². The van der Waals surface area contributed by atoms with Gasteiger partial charge in [-0.2, -0.15) is 5.10 Å². The predicted octanol–water partition coefficient (Wildman–Crippen LogP) is 1.01. The monoisotopic (exact) mass is 401 g/mol. The third-order valence-electron chi connectivity index (χ3n) is 4.64. The number of pyridine rings is 1. The number of hydrogen-bond donors (Lipinski definition) is 3. The van der Waals surface area contributed by atoms with E-state index < -0.39 is 17.2 Å². The molecule has 0 aliphatic heterocycles. The second kappa shape index (κ2) is 7.15. The summed E-state index contributed by atoms with van der Waals surface area (Å²) in [7, 11) is 0. The lowest BCUT2D eigenvalue weighted by Gasteiger charge is -2.09. The van der Waals surface area contributed by atoms with E-state index in [1.165, 1.54) is 16.8 Å². The number of carbonyl (C=O) groups is 1. The SMILES string of the molecule is CCCn1c(=O)[nH]c(=O)c2cc(C(=O)NCc3n[nH]c(=S)n3C3CC3)cnc21. The lowest BCUT2D eigenvalue weighted by Crippen LogP contribution is -2.31. The van der Waals surface area contributed by atoms with Crippen molar-refractivity contribution < 1.29 is 4.79 Å². The molecule has 4 rings (SSSR count). The van der Waals surface area contributed by atoms with Crippen molar-refractivity contribution in [2.24, 2.45) is 0 Å². The average Bonchev–Trinajstić information content (AvgIpc) is 3.45. The van der Waals surface area contributed by atoms with Crippen molar-refractivity contribution in [3.63, 3.8) is 0 Å². The molecule has 3 aromatic rings. The van der Waals surface area contributed by atoms with Gasteiger partial charge < -0.3 is 5.32 Å². The number of fused-ring (bicyclic) bond motifs is 1. The highest BCUT2D eigenvalue weighted by Crippen LogP contribution is 2.35. The van der Waals surface area contributed by atoms with E-state index in [9.17, 15) is 14.4 Å². The Labute approximate surface area is 163 Å². The fraction of sp³-hybridized carbons (Fsp3) is 0.412. The van der Waals surface area contributed by atoms with E-state index in [4.69, 9.17) is 12.2 Å². The largest absolute Gasteiger partial charge is 0.345 e. The van der Waals surface area contributed by atoms with Crippen LogP contribution in [0.25, 0.3) is 11.0 Å². The molecule has 0 radical (unpaired) electrons. The minimum Gasteiger partial charge on any atom is -0.345 e.